The fourth-order valence-corrected chi connectivity index (χ4v) is 10.6. The van der Waals surface area contributed by atoms with Crippen molar-refractivity contribution in [1.82, 2.24) is 14.5 Å². The number of hydrogen-bond donors (Lipinski definition) is 0. The smallest absolute Gasteiger partial charge is 0.247 e. The van der Waals surface area contributed by atoms with Crippen LogP contribution >= 0.6 is 11.3 Å². The standard InChI is InChI=1S/C54H31N3OS/c1-4-16-32(17-5-1)37-29-41(33-18-6-2-7-19-33)51-43(30-37)49-54(58-51)56-48(34-20-8-3-9-21-34)53(55-49)57-44-27-15-14-26-40(44)46-38-24-12-13-25-39(38)47-42-28-35-22-10-11-23-36(35)31-45(42)59-52(47)50(46)57/h1-31H. The van der Waals surface area contributed by atoms with Crippen LogP contribution < -0.4 is 0 Å². The van der Waals surface area contributed by atoms with Crippen LogP contribution in [0.3, 0.4) is 0 Å². The zero-order valence-electron chi connectivity index (χ0n) is 31.6. The van der Waals surface area contributed by atoms with Gasteiger partial charge in [-0.25, -0.2) is 9.97 Å². The van der Waals surface area contributed by atoms with Crippen LogP contribution in [0.2, 0.25) is 0 Å². The van der Waals surface area contributed by atoms with Crippen LogP contribution in [0.4, 0.5) is 0 Å². The highest BCUT2D eigenvalue weighted by molar-refractivity contribution is 7.27. The molecule has 4 nitrogen and oxygen atoms in total. The maximum absolute atomic E-state index is 6.86. The van der Waals surface area contributed by atoms with Gasteiger partial charge in [0.15, 0.2) is 5.82 Å². The number of furan rings is 1. The Morgan fingerprint density at radius 3 is 1.81 bits per heavy atom. The van der Waals surface area contributed by atoms with Crippen molar-refractivity contribution in [3.8, 4) is 39.3 Å². The first-order chi connectivity index (χ1) is 29.3. The highest BCUT2D eigenvalue weighted by Crippen LogP contribution is 2.49. The van der Waals surface area contributed by atoms with Crippen molar-refractivity contribution < 1.29 is 4.42 Å². The van der Waals surface area contributed by atoms with Crippen molar-refractivity contribution in [2.45, 2.75) is 0 Å². The average molecular weight is 770 g/mol. The monoisotopic (exact) mass is 769 g/mol. The lowest BCUT2D eigenvalue weighted by Gasteiger charge is -2.13. The lowest BCUT2D eigenvalue weighted by Crippen LogP contribution is -2.03. The molecular formula is C54H31N3OS. The predicted molar refractivity (Wildman–Crippen MR) is 248 cm³/mol. The van der Waals surface area contributed by atoms with Crippen molar-refractivity contribution in [2.24, 2.45) is 0 Å². The summed E-state index contributed by atoms with van der Waals surface area (Å²) in [6, 6.07) is 67.0. The van der Waals surface area contributed by atoms with Gasteiger partial charge in [0.2, 0.25) is 5.71 Å². The van der Waals surface area contributed by atoms with Gasteiger partial charge in [0.1, 0.15) is 16.8 Å². The van der Waals surface area contributed by atoms with Crippen LogP contribution in [0.1, 0.15) is 0 Å². The molecule has 0 radical (unpaired) electrons. The highest BCUT2D eigenvalue weighted by Gasteiger charge is 2.27. The van der Waals surface area contributed by atoms with Crippen molar-refractivity contribution in [3.63, 3.8) is 0 Å². The Bertz CT molecular complexity index is 3830. The zero-order valence-corrected chi connectivity index (χ0v) is 32.4. The third kappa shape index (κ3) is 4.77. The van der Waals surface area contributed by atoms with E-state index in [2.05, 4.69) is 180 Å². The second-order valence-electron chi connectivity index (χ2n) is 15.3. The summed E-state index contributed by atoms with van der Waals surface area (Å²) in [5.41, 5.74) is 10.3. The number of rotatable bonds is 4. The third-order valence-corrected chi connectivity index (χ3v) is 13.1. The maximum atomic E-state index is 6.86. The molecule has 0 spiro atoms. The molecule has 9 aromatic carbocycles. The predicted octanol–water partition coefficient (Wildman–Crippen LogP) is 15.1. The topological polar surface area (TPSA) is 43.9 Å². The molecule has 59 heavy (non-hydrogen) atoms. The molecule has 0 saturated heterocycles. The molecule has 0 fully saturated rings. The lowest BCUT2D eigenvalue weighted by molar-refractivity contribution is 0.654. The first kappa shape index (κ1) is 32.5. The van der Waals surface area contributed by atoms with Crippen LogP contribution in [-0.4, -0.2) is 14.5 Å². The maximum Gasteiger partial charge on any atom is 0.247 e. The number of nitrogens with zero attached hydrogens (tertiary/aromatic N) is 3. The lowest BCUT2D eigenvalue weighted by atomic mass is 9.96. The van der Waals surface area contributed by atoms with Crippen LogP contribution in [0, 0.1) is 0 Å². The second kappa shape index (κ2) is 12.4. The zero-order chi connectivity index (χ0) is 38.6. The number of aromatic nitrogens is 3. The second-order valence-corrected chi connectivity index (χ2v) is 16.3. The van der Waals surface area contributed by atoms with E-state index in [-0.39, 0.29) is 0 Å². The highest BCUT2D eigenvalue weighted by atomic mass is 32.1. The summed E-state index contributed by atoms with van der Waals surface area (Å²) >= 11 is 1.87. The van der Waals surface area contributed by atoms with E-state index in [4.69, 9.17) is 14.4 Å². The van der Waals surface area contributed by atoms with Gasteiger partial charge in [0.25, 0.3) is 0 Å². The molecule has 0 unspecified atom stereocenters. The van der Waals surface area contributed by atoms with E-state index in [1.165, 1.54) is 52.5 Å². The molecule has 4 aromatic heterocycles. The summed E-state index contributed by atoms with van der Waals surface area (Å²) in [4.78, 5) is 11.2. The fourth-order valence-electron chi connectivity index (χ4n) is 9.33. The molecule has 13 aromatic rings. The van der Waals surface area contributed by atoms with Gasteiger partial charge < -0.3 is 4.42 Å². The van der Waals surface area contributed by atoms with E-state index < -0.39 is 0 Å². The van der Waals surface area contributed by atoms with Gasteiger partial charge in [-0.1, -0.05) is 158 Å². The minimum absolute atomic E-state index is 0.509. The number of fused-ring (bicyclic) bond motifs is 14. The summed E-state index contributed by atoms with van der Waals surface area (Å²) in [6.07, 6.45) is 0. The first-order valence-electron chi connectivity index (χ1n) is 19.9. The van der Waals surface area contributed by atoms with E-state index in [1.807, 2.05) is 23.5 Å². The van der Waals surface area contributed by atoms with Crippen molar-refractivity contribution in [1.29, 1.82) is 0 Å². The van der Waals surface area contributed by atoms with Gasteiger partial charge in [-0.2, -0.15) is 0 Å². The van der Waals surface area contributed by atoms with E-state index in [1.54, 1.807) is 0 Å². The van der Waals surface area contributed by atoms with E-state index in [9.17, 15) is 0 Å². The van der Waals surface area contributed by atoms with Gasteiger partial charge >= 0.3 is 0 Å². The van der Waals surface area contributed by atoms with E-state index in [0.29, 0.717) is 5.71 Å². The van der Waals surface area contributed by atoms with Crippen LogP contribution in [0.25, 0.3) is 125 Å². The van der Waals surface area contributed by atoms with Crippen molar-refractivity contribution in [3.05, 3.63) is 188 Å². The largest absolute Gasteiger partial charge is 0.436 e. The molecule has 274 valence electrons. The first-order valence-corrected chi connectivity index (χ1v) is 20.7. The molecule has 0 aliphatic heterocycles. The average Bonchev–Trinajstić information content (AvgIpc) is 3.98. The minimum Gasteiger partial charge on any atom is -0.436 e. The van der Waals surface area contributed by atoms with Crippen LogP contribution in [0.5, 0.6) is 0 Å². The number of benzene rings is 9. The SMILES string of the molecule is c1ccc(-c2cc(-c3ccccc3)c3oc4nc(-c5ccccc5)c(-n5c6ccccc6c6c7ccccc7c7c8cc9ccccc9cc8sc7c65)nc4c3c2)cc1. The molecule has 0 atom stereocenters. The number of para-hydroxylation sites is 1. The van der Waals surface area contributed by atoms with Gasteiger partial charge in [0, 0.05) is 42.8 Å². The molecule has 0 aliphatic rings. The summed E-state index contributed by atoms with van der Waals surface area (Å²) in [7, 11) is 0. The molecule has 0 amide bonds. The van der Waals surface area contributed by atoms with Gasteiger partial charge in [-0.05, 0) is 68.6 Å². The van der Waals surface area contributed by atoms with Gasteiger partial charge in [0.05, 0.1) is 15.7 Å². The number of thiophene rings is 1. The quantitative estimate of drug-likeness (QED) is 0.179. The molecule has 0 N–H and O–H groups in total. The van der Waals surface area contributed by atoms with Crippen LogP contribution in [-0.2, 0) is 0 Å². The summed E-state index contributed by atoms with van der Waals surface area (Å²) in [6.45, 7) is 0. The van der Waals surface area contributed by atoms with E-state index >= 15 is 0 Å². The fraction of sp³-hybridized carbons (Fsp3) is 0. The molecule has 4 heterocycles. The Kier molecular flexibility index (Phi) is 6.85. The third-order valence-electron chi connectivity index (χ3n) is 12.0. The Morgan fingerprint density at radius 1 is 0.458 bits per heavy atom. The molecule has 5 heteroatoms. The minimum atomic E-state index is 0.509. The Balaban J connectivity index is 1.22. The summed E-state index contributed by atoms with van der Waals surface area (Å²) < 4.78 is 11.8. The van der Waals surface area contributed by atoms with Crippen molar-refractivity contribution in [2.75, 3.05) is 0 Å². The molecule has 0 bridgehead atoms. The number of hydrogen-bond acceptors (Lipinski definition) is 4. The molecule has 13 rings (SSSR count). The van der Waals surface area contributed by atoms with Crippen LogP contribution in [0.15, 0.2) is 192 Å². The van der Waals surface area contributed by atoms with Crippen molar-refractivity contribution >= 4 is 97.1 Å². The Hall–Kier alpha value is -7.60. The Morgan fingerprint density at radius 2 is 1.07 bits per heavy atom. The Labute approximate surface area is 341 Å². The molecule has 0 saturated carbocycles. The van der Waals surface area contributed by atoms with E-state index in [0.717, 1.165) is 66.8 Å². The molecular weight excluding hydrogens is 739 g/mol. The van der Waals surface area contributed by atoms with Gasteiger partial charge in [-0.15, -0.1) is 11.3 Å². The summed E-state index contributed by atoms with van der Waals surface area (Å²) in [5, 5.41) is 10.8. The molecule has 0 aliphatic carbocycles. The summed E-state index contributed by atoms with van der Waals surface area (Å²) in [5.74, 6) is 0.767. The normalized spacial score (nSPS) is 12.1. The van der Waals surface area contributed by atoms with Gasteiger partial charge in [-0.3, -0.25) is 4.57 Å².